The molecule has 21 heavy (non-hydrogen) atoms. The maximum Gasteiger partial charge on any atom is 0.307 e. The van der Waals surface area contributed by atoms with E-state index in [-0.39, 0.29) is 11.3 Å². The van der Waals surface area contributed by atoms with Crippen LogP contribution in [-0.2, 0) is 9.59 Å². The van der Waals surface area contributed by atoms with Gasteiger partial charge in [0.15, 0.2) is 0 Å². The second-order valence-corrected chi connectivity index (χ2v) is 7.01. The predicted molar refractivity (Wildman–Crippen MR) is 81.7 cm³/mol. The Hall–Kier alpha value is -1.58. The Morgan fingerprint density at radius 1 is 1.19 bits per heavy atom. The Morgan fingerprint density at radius 3 is 2.29 bits per heavy atom. The average Bonchev–Trinajstić information content (AvgIpc) is 2.45. The van der Waals surface area contributed by atoms with Crippen molar-refractivity contribution in [2.75, 3.05) is 13.1 Å². The van der Waals surface area contributed by atoms with Crippen LogP contribution < -0.4 is 0 Å². The summed E-state index contributed by atoms with van der Waals surface area (Å²) in [6, 6.07) is 0. The number of carbonyl (C=O) groups excluding carboxylic acids is 1. The monoisotopic (exact) mass is 291 g/mol. The number of aliphatic carboxylic acids is 1. The molecule has 1 heterocycles. The lowest BCUT2D eigenvalue weighted by molar-refractivity contribution is -0.150. The SMILES string of the molecule is CC(C)(C)C1=CCN(C(=O)C2CC=CCC2C(=O)O)CC1. The van der Waals surface area contributed by atoms with Gasteiger partial charge in [0.2, 0.25) is 5.91 Å². The molecule has 4 heteroatoms. The molecule has 0 bridgehead atoms. The van der Waals surface area contributed by atoms with Crippen molar-refractivity contribution in [1.29, 1.82) is 0 Å². The van der Waals surface area contributed by atoms with Crippen molar-refractivity contribution in [2.24, 2.45) is 17.3 Å². The van der Waals surface area contributed by atoms with Gasteiger partial charge in [-0.1, -0.05) is 44.6 Å². The van der Waals surface area contributed by atoms with E-state index in [0.717, 1.165) is 6.42 Å². The van der Waals surface area contributed by atoms with Gasteiger partial charge in [-0.05, 0) is 24.7 Å². The third-order valence-corrected chi connectivity index (χ3v) is 4.55. The minimum atomic E-state index is -0.861. The smallest absolute Gasteiger partial charge is 0.307 e. The molecule has 2 aliphatic rings. The zero-order valence-corrected chi connectivity index (χ0v) is 13.1. The van der Waals surface area contributed by atoms with Crippen LogP contribution in [0.2, 0.25) is 0 Å². The van der Waals surface area contributed by atoms with Crippen LogP contribution in [0.15, 0.2) is 23.8 Å². The van der Waals surface area contributed by atoms with Crippen molar-refractivity contribution in [1.82, 2.24) is 4.90 Å². The van der Waals surface area contributed by atoms with Crippen LogP contribution in [-0.4, -0.2) is 35.0 Å². The van der Waals surface area contributed by atoms with E-state index in [4.69, 9.17) is 0 Å². The Morgan fingerprint density at radius 2 is 1.81 bits per heavy atom. The normalized spacial score (nSPS) is 26.4. The number of allylic oxidation sites excluding steroid dienone is 2. The Bertz CT molecular complexity index is 485. The van der Waals surface area contributed by atoms with Crippen LogP contribution in [0.3, 0.4) is 0 Å². The Kier molecular flexibility index (Phi) is 4.55. The largest absolute Gasteiger partial charge is 0.481 e. The van der Waals surface area contributed by atoms with Crippen molar-refractivity contribution >= 4 is 11.9 Å². The molecule has 0 aromatic carbocycles. The highest BCUT2D eigenvalue weighted by Gasteiger charge is 2.37. The first-order valence-corrected chi connectivity index (χ1v) is 7.67. The van der Waals surface area contributed by atoms with E-state index in [2.05, 4.69) is 26.8 Å². The fraction of sp³-hybridized carbons (Fsp3) is 0.647. The number of nitrogens with zero attached hydrogens (tertiary/aromatic N) is 1. The standard InChI is InChI=1S/C17H25NO3/c1-17(2,3)12-8-10-18(11-9-12)15(19)13-6-4-5-7-14(13)16(20)21/h4-5,8,13-14H,6-7,9-11H2,1-3H3,(H,20,21). The molecule has 0 aromatic heterocycles. The topological polar surface area (TPSA) is 57.6 Å². The number of carboxylic acids is 1. The molecule has 2 rings (SSSR count). The first-order chi connectivity index (χ1) is 9.80. The molecule has 1 N–H and O–H groups in total. The van der Waals surface area contributed by atoms with E-state index in [0.29, 0.717) is 25.9 Å². The zero-order chi connectivity index (χ0) is 15.6. The lowest BCUT2D eigenvalue weighted by Crippen LogP contribution is -2.44. The van der Waals surface area contributed by atoms with E-state index in [1.54, 1.807) is 0 Å². The number of hydrogen-bond donors (Lipinski definition) is 1. The molecule has 1 aliphatic heterocycles. The summed E-state index contributed by atoms with van der Waals surface area (Å²) in [5.74, 6) is -1.84. The van der Waals surface area contributed by atoms with Gasteiger partial charge in [-0.25, -0.2) is 0 Å². The number of carboxylic acid groups (broad SMARTS) is 1. The van der Waals surface area contributed by atoms with Crippen LogP contribution in [0.1, 0.15) is 40.0 Å². The molecule has 1 aliphatic carbocycles. The van der Waals surface area contributed by atoms with Crippen LogP contribution in [0.4, 0.5) is 0 Å². The molecular formula is C17H25NO3. The third kappa shape index (κ3) is 3.55. The summed E-state index contributed by atoms with van der Waals surface area (Å²) in [7, 11) is 0. The molecule has 1 amide bonds. The summed E-state index contributed by atoms with van der Waals surface area (Å²) in [4.78, 5) is 25.8. The summed E-state index contributed by atoms with van der Waals surface area (Å²) >= 11 is 0. The molecular weight excluding hydrogens is 266 g/mol. The van der Waals surface area contributed by atoms with Crippen LogP contribution in [0, 0.1) is 17.3 Å². The van der Waals surface area contributed by atoms with Gasteiger partial charge in [0, 0.05) is 13.1 Å². The lowest BCUT2D eigenvalue weighted by atomic mass is 9.80. The van der Waals surface area contributed by atoms with Crippen molar-refractivity contribution < 1.29 is 14.7 Å². The van der Waals surface area contributed by atoms with E-state index < -0.39 is 17.8 Å². The maximum absolute atomic E-state index is 12.6. The molecule has 0 radical (unpaired) electrons. The highest BCUT2D eigenvalue weighted by molar-refractivity contribution is 5.85. The van der Waals surface area contributed by atoms with Gasteiger partial charge >= 0.3 is 5.97 Å². The minimum Gasteiger partial charge on any atom is -0.481 e. The Labute approximate surface area is 126 Å². The van der Waals surface area contributed by atoms with Crippen molar-refractivity contribution in [3.63, 3.8) is 0 Å². The molecule has 0 spiro atoms. The van der Waals surface area contributed by atoms with E-state index in [9.17, 15) is 14.7 Å². The van der Waals surface area contributed by atoms with E-state index >= 15 is 0 Å². The van der Waals surface area contributed by atoms with Gasteiger partial charge < -0.3 is 10.0 Å². The second-order valence-electron chi connectivity index (χ2n) is 7.01. The number of amides is 1. The lowest BCUT2D eigenvalue weighted by Gasteiger charge is -2.35. The van der Waals surface area contributed by atoms with Gasteiger partial charge in [0.25, 0.3) is 0 Å². The van der Waals surface area contributed by atoms with E-state index in [1.807, 2.05) is 17.1 Å². The van der Waals surface area contributed by atoms with Crippen LogP contribution >= 0.6 is 0 Å². The van der Waals surface area contributed by atoms with Gasteiger partial charge in [-0.15, -0.1) is 0 Å². The number of rotatable bonds is 2. The molecule has 4 nitrogen and oxygen atoms in total. The quantitative estimate of drug-likeness (QED) is 0.796. The van der Waals surface area contributed by atoms with Gasteiger partial charge in [0.1, 0.15) is 0 Å². The predicted octanol–water partition coefficient (Wildman–Crippen LogP) is 2.86. The molecule has 2 unspecified atom stereocenters. The molecule has 0 saturated heterocycles. The highest BCUT2D eigenvalue weighted by Crippen LogP contribution is 2.32. The highest BCUT2D eigenvalue weighted by atomic mass is 16.4. The molecule has 0 saturated carbocycles. The van der Waals surface area contributed by atoms with Crippen LogP contribution in [0.5, 0.6) is 0 Å². The first-order valence-electron chi connectivity index (χ1n) is 7.67. The number of hydrogen-bond acceptors (Lipinski definition) is 2. The summed E-state index contributed by atoms with van der Waals surface area (Å²) in [5, 5.41) is 9.29. The summed E-state index contributed by atoms with van der Waals surface area (Å²) in [6.45, 7) is 7.86. The van der Waals surface area contributed by atoms with Gasteiger partial charge in [0.05, 0.1) is 11.8 Å². The fourth-order valence-corrected chi connectivity index (χ4v) is 3.15. The summed E-state index contributed by atoms with van der Waals surface area (Å²) in [5.41, 5.74) is 1.52. The minimum absolute atomic E-state index is 0.00374. The van der Waals surface area contributed by atoms with Gasteiger partial charge in [-0.3, -0.25) is 9.59 Å². The molecule has 116 valence electrons. The third-order valence-electron chi connectivity index (χ3n) is 4.55. The number of carbonyl (C=O) groups is 2. The first kappa shape index (κ1) is 15.8. The summed E-state index contributed by atoms with van der Waals surface area (Å²) < 4.78 is 0. The van der Waals surface area contributed by atoms with Crippen LogP contribution in [0.25, 0.3) is 0 Å². The molecule has 0 aromatic rings. The van der Waals surface area contributed by atoms with Gasteiger partial charge in [-0.2, -0.15) is 0 Å². The Balaban J connectivity index is 2.06. The molecule has 0 fully saturated rings. The van der Waals surface area contributed by atoms with E-state index in [1.165, 1.54) is 5.57 Å². The second kappa shape index (κ2) is 6.04. The van der Waals surface area contributed by atoms with Crippen molar-refractivity contribution in [3.05, 3.63) is 23.8 Å². The maximum atomic E-state index is 12.6. The van der Waals surface area contributed by atoms with Crippen molar-refractivity contribution in [3.8, 4) is 0 Å². The zero-order valence-electron chi connectivity index (χ0n) is 13.1. The summed E-state index contributed by atoms with van der Waals surface area (Å²) in [6.07, 6.45) is 7.83. The molecule has 2 atom stereocenters. The fourth-order valence-electron chi connectivity index (χ4n) is 3.15. The average molecular weight is 291 g/mol. The van der Waals surface area contributed by atoms with Crippen molar-refractivity contribution in [2.45, 2.75) is 40.0 Å².